The number of nitrogens with two attached hydrogens (primary N) is 1. The highest BCUT2D eigenvalue weighted by Crippen LogP contribution is 2.24. The third-order valence-electron chi connectivity index (χ3n) is 2.36. The lowest BCUT2D eigenvalue weighted by Gasteiger charge is -2.16. The van der Waals surface area contributed by atoms with Crippen LogP contribution in [0.15, 0.2) is 0 Å². The normalized spacial score (nSPS) is 28.2. The van der Waals surface area contributed by atoms with Crippen LogP contribution >= 0.6 is 0 Å². The topological polar surface area (TPSA) is 76.8 Å². The number of nitrogens with zero attached hydrogens (tertiary/aromatic N) is 2. The van der Waals surface area contributed by atoms with Gasteiger partial charge in [0.05, 0.1) is 6.61 Å². The van der Waals surface area contributed by atoms with Crippen molar-refractivity contribution in [2.45, 2.75) is 25.3 Å². The zero-order valence-corrected chi connectivity index (χ0v) is 7.71. The Morgan fingerprint density at radius 3 is 3.08 bits per heavy atom. The first kappa shape index (κ1) is 8.65. The lowest BCUT2D eigenvalue weighted by atomic mass is 10.00. The molecule has 1 aromatic rings. The van der Waals surface area contributed by atoms with Crippen LogP contribution in [-0.4, -0.2) is 28.4 Å². The number of aryl methyl sites for hydroxylation is 1. The second-order valence-corrected chi connectivity index (χ2v) is 3.42. The fraction of sp³-hybridized carbons (Fsp3) is 0.750. The number of ether oxygens (including phenoxy) is 1. The van der Waals surface area contributed by atoms with Crippen LogP contribution in [0.4, 0.5) is 0 Å². The number of hydrogen-bond donors (Lipinski definition) is 2. The van der Waals surface area contributed by atoms with Gasteiger partial charge in [-0.25, -0.2) is 4.98 Å². The van der Waals surface area contributed by atoms with Crippen molar-refractivity contribution in [3.63, 3.8) is 0 Å². The van der Waals surface area contributed by atoms with E-state index in [1.807, 2.05) is 6.92 Å². The van der Waals surface area contributed by atoms with Gasteiger partial charge >= 0.3 is 0 Å². The number of H-pyrrole nitrogens is 1. The van der Waals surface area contributed by atoms with E-state index in [2.05, 4.69) is 15.2 Å². The van der Waals surface area contributed by atoms with Gasteiger partial charge in [0.25, 0.3) is 0 Å². The van der Waals surface area contributed by atoms with Crippen LogP contribution in [0.5, 0.6) is 0 Å². The summed E-state index contributed by atoms with van der Waals surface area (Å²) in [5, 5.41) is 6.96. The fourth-order valence-corrected chi connectivity index (χ4v) is 1.43. The minimum Gasteiger partial charge on any atom is -0.379 e. The van der Waals surface area contributed by atoms with Gasteiger partial charge in [0.1, 0.15) is 11.4 Å². The first-order chi connectivity index (χ1) is 6.24. The molecule has 2 heterocycles. The van der Waals surface area contributed by atoms with E-state index in [9.17, 15) is 0 Å². The van der Waals surface area contributed by atoms with Gasteiger partial charge in [0, 0.05) is 13.0 Å². The third kappa shape index (κ3) is 1.45. The molecule has 1 unspecified atom stereocenters. The Hall–Kier alpha value is -0.940. The Labute approximate surface area is 76.7 Å². The molecule has 1 aliphatic rings. The SMILES string of the molecule is CCc1nc(C2(N)CCOC2)n[nH]1. The summed E-state index contributed by atoms with van der Waals surface area (Å²) in [6.45, 7) is 3.25. The maximum absolute atomic E-state index is 6.08. The summed E-state index contributed by atoms with van der Waals surface area (Å²) in [7, 11) is 0. The van der Waals surface area contributed by atoms with Gasteiger partial charge in [-0.1, -0.05) is 6.92 Å². The van der Waals surface area contributed by atoms with E-state index in [-0.39, 0.29) is 0 Å². The first-order valence-corrected chi connectivity index (χ1v) is 4.53. The average molecular weight is 182 g/mol. The van der Waals surface area contributed by atoms with Crippen molar-refractivity contribution in [3.05, 3.63) is 11.6 Å². The molecule has 0 bridgehead atoms. The molecule has 0 aromatic carbocycles. The highest BCUT2D eigenvalue weighted by molar-refractivity contribution is 5.07. The lowest BCUT2D eigenvalue weighted by molar-refractivity contribution is 0.176. The molecule has 1 aliphatic heterocycles. The van der Waals surface area contributed by atoms with Crippen LogP contribution in [0.2, 0.25) is 0 Å². The highest BCUT2D eigenvalue weighted by Gasteiger charge is 2.36. The van der Waals surface area contributed by atoms with Gasteiger partial charge in [-0.3, -0.25) is 5.10 Å². The maximum atomic E-state index is 6.08. The molecule has 0 spiro atoms. The molecule has 0 amide bonds. The molecule has 1 fully saturated rings. The van der Waals surface area contributed by atoms with Gasteiger partial charge in [0.15, 0.2) is 5.82 Å². The van der Waals surface area contributed by atoms with E-state index >= 15 is 0 Å². The molecular weight excluding hydrogens is 168 g/mol. The number of aromatic nitrogens is 3. The van der Waals surface area contributed by atoms with Crippen LogP contribution in [0, 0.1) is 0 Å². The number of aromatic amines is 1. The van der Waals surface area contributed by atoms with E-state index in [1.165, 1.54) is 0 Å². The Bertz CT molecular complexity index is 290. The van der Waals surface area contributed by atoms with E-state index in [0.717, 1.165) is 18.7 Å². The summed E-state index contributed by atoms with van der Waals surface area (Å²) < 4.78 is 5.24. The summed E-state index contributed by atoms with van der Waals surface area (Å²) in [6, 6.07) is 0. The number of rotatable bonds is 2. The minimum absolute atomic E-state index is 0.468. The zero-order chi connectivity index (χ0) is 9.31. The number of nitrogens with one attached hydrogen (secondary N) is 1. The molecule has 0 aliphatic carbocycles. The minimum atomic E-state index is -0.468. The molecule has 0 radical (unpaired) electrons. The van der Waals surface area contributed by atoms with Crippen LogP contribution in [0.3, 0.4) is 0 Å². The van der Waals surface area contributed by atoms with E-state index < -0.39 is 5.54 Å². The Morgan fingerprint density at radius 2 is 2.54 bits per heavy atom. The van der Waals surface area contributed by atoms with Crippen LogP contribution in [-0.2, 0) is 16.7 Å². The molecule has 2 rings (SSSR count). The molecule has 5 heteroatoms. The van der Waals surface area contributed by atoms with E-state index in [0.29, 0.717) is 19.0 Å². The van der Waals surface area contributed by atoms with Crippen molar-refractivity contribution in [1.82, 2.24) is 15.2 Å². The maximum Gasteiger partial charge on any atom is 0.172 e. The largest absolute Gasteiger partial charge is 0.379 e. The molecule has 3 N–H and O–H groups in total. The van der Waals surface area contributed by atoms with Crippen LogP contribution in [0.1, 0.15) is 25.0 Å². The van der Waals surface area contributed by atoms with Gasteiger partial charge in [0.2, 0.25) is 0 Å². The molecule has 13 heavy (non-hydrogen) atoms. The van der Waals surface area contributed by atoms with Crippen molar-refractivity contribution < 1.29 is 4.74 Å². The van der Waals surface area contributed by atoms with Crippen LogP contribution < -0.4 is 5.73 Å². The first-order valence-electron chi connectivity index (χ1n) is 4.53. The summed E-state index contributed by atoms with van der Waals surface area (Å²) in [5.74, 6) is 1.56. The molecule has 0 saturated carbocycles. The second-order valence-electron chi connectivity index (χ2n) is 3.42. The summed E-state index contributed by atoms with van der Waals surface area (Å²) in [4.78, 5) is 4.31. The molecule has 5 nitrogen and oxygen atoms in total. The molecule has 1 aromatic heterocycles. The van der Waals surface area contributed by atoms with Crippen molar-refractivity contribution in [2.75, 3.05) is 13.2 Å². The highest BCUT2D eigenvalue weighted by atomic mass is 16.5. The molecule has 1 atom stereocenters. The van der Waals surface area contributed by atoms with Crippen molar-refractivity contribution in [3.8, 4) is 0 Å². The Balaban J connectivity index is 2.23. The average Bonchev–Trinajstić information content (AvgIpc) is 2.72. The number of hydrogen-bond acceptors (Lipinski definition) is 4. The summed E-state index contributed by atoms with van der Waals surface area (Å²) in [6.07, 6.45) is 1.65. The van der Waals surface area contributed by atoms with E-state index in [4.69, 9.17) is 10.5 Å². The van der Waals surface area contributed by atoms with Gasteiger partial charge < -0.3 is 10.5 Å². The quantitative estimate of drug-likeness (QED) is 0.671. The monoisotopic (exact) mass is 182 g/mol. The zero-order valence-electron chi connectivity index (χ0n) is 7.71. The molecule has 1 saturated heterocycles. The van der Waals surface area contributed by atoms with Gasteiger partial charge in [-0.05, 0) is 6.42 Å². The lowest BCUT2D eigenvalue weighted by Crippen LogP contribution is -2.38. The smallest absolute Gasteiger partial charge is 0.172 e. The third-order valence-corrected chi connectivity index (χ3v) is 2.36. The molecule has 72 valence electrons. The Kier molecular flexibility index (Phi) is 2.05. The Morgan fingerprint density at radius 1 is 1.69 bits per heavy atom. The van der Waals surface area contributed by atoms with Crippen molar-refractivity contribution >= 4 is 0 Å². The summed E-state index contributed by atoms with van der Waals surface area (Å²) in [5.41, 5.74) is 5.61. The van der Waals surface area contributed by atoms with Gasteiger partial charge in [-0.15, -0.1) is 0 Å². The van der Waals surface area contributed by atoms with Crippen molar-refractivity contribution in [1.29, 1.82) is 0 Å². The second kappa shape index (κ2) is 3.08. The van der Waals surface area contributed by atoms with E-state index in [1.54, 1.807) is 0 Å². The fourth-order valence-electron chi connectivity index (χ4n) is 1.43. The van der Waals surface area contributed by atoms with Crippen molar-refractivity contribution in [2.24, 2.45) is 5.73 Å². The van der Waals surface area contributed by atoms with Crippen LogP contribution in [0.25, 0.3) is 0 Å². The molecular formula is C8H14N4O. The predicted molar refractivity (Wildman–Crippen MR) is 47.1 cm³/mol. The van der Waals surface area contributed by atoms with Gasteiger partial charge in [-0.2, -0.15) is 5.10 Å². The summed E-state index contributed by atoms with van der Waals surface area (Å²) >= 11 is 0. The standard InChI is InChI=1S/C8H14N4O/c1-2-6-10-7(12-11-6)8(9)3-4-13-5-8/h2-5,9H2,1H3,(H,10,11,12). The predicted octanol–water partition coefficient (Wildman–Crippen LogP) is -0.0586.